The van der Waals surface area contributed by atoms with Crippen LogP contribution in [0.15, 0.2) is 12.2 Å². The lowest BCUT2D eigenvalue weighted by molar-refractivity contribution is -0.143. The maximum Gasteiger partial charge on any atom is 0.305 e. The highest BCUT2D eigenvalue weighted by Gasteiger charge is 2.18. The lowest BCUT2D eigenvalue weighted by Gasteiger charge is -2.20. The number of amides is 1. The van der Waals surface area contributed by atoms with Gasteiger partial charge in [0.05, 0.1) is 25.4 Å². The third-order valence-electron chi connectivity index (χ3n) is 13.6. The molecule has 3 N–H and O–H groups in total. The van der Waals surface area contributed by atoms with E-state index in [0.29, 0.717) is 19.4 Å². The topological polar surface area (TPSA) is 95.9 Å². The number of carbonyl (C=O) groups is 2. The van der Waals surface area contributed by atoms with Crippen LogP contribution in [0.25, 0.3) is 0 Å². The van der Waals surface area contributed by atoms with Crippen molar-refractivity contribution in [2.75, 3.05) is 13.2 Å². The molecular formula is C58H113NO5. The third-order valence-corrected chi connectivity index (χ3v) is 13.6. The van der Waals surface area contributed by atoms with E-state index in [2.05, 4.69) is 19.2 Å². The first kappa shape index (κ1) is 62.6. The number of esters is 1. The van der Waals surface area contributed by atoms with Crippen LogP contribution < -0.4 is 5.32 Å². The maximum atomic E-state index is 12.4. The SMILES string of the molecule is CCCCCCCCCCCCCC/C=C/C(O)C(CO)NC(=O)CCCCCCCCCCCCCCCCCCCCCOC(=O)CCCCCCCCCCCCCCCC. The largest absolute Gasteiger partial charge is 0.466 e. The van der Waals surface area contributed by atoms with E-state index >= 15 is 0 Å². The third kappa shape index (κ3) is 50.0. The number of unbranched alkanes of at least 4 members (excludes halogenated alkanes) is 43. The van der Waals surface area contributed by atoms with Crippen LogP contribution in [0.2, 0.25) is 0 Å². The summed E-state index contributed by atoms with van der Waals surface area (Å²) in [5, 5.41) is 23.1. The van der Waals surface area contributed by atoms with Crippen LogP contribution in [-0.2, 0) is 14.3 Å². The molecule has 2 unspecified atom stereocenters. The molecule has 0 fully saturated rings. The normalized spacial score (nSPS) is 12.6. The zero-order chi connectivity index (χ0) is 46.5. The number of carbonyl (C=O) groups excluding carboxylic acids is 2. The smallest absolute Gasteiger partial charge is 0.305 e. The van der Waals surface area contributed by atoms with Gasteiger partial charge in [-0.15, -0.1) is 0 Å². The molecule has 0 bridgehead atoms. The molecule has 0 saturated carbocycles. The van der Waals surface area contributed by atoms with E-state index in [1.807, 2.05) is 6.08 Å². The summed E-state index contributed by atoms with van der Waals surface area (Å²) in [6.45, 7) is 4.91. The van der Waals surface area contributed by atoms with Crippen LogP contribution in [0.3, 0.4) is 0 Å². The highest BCUT2D eigenvalue weighted by molar-refractivity contribution is 5.76. The Balaban J connectivity index is 3.40. The molecule has 0 aliphatic rings. The predicted octanol–water partition coefficient (Wildman–Crippen LogP) is 17.7. The number of aliphatic hydroxyl groups excluding tert-OH is 2. The van der Waals surface area contributed by atoms with Gasteiger partial charge >= 0.3 is 5.97 Å². The van der Waals surface area contributed by atoms with Gasteiger partial charge in [-0.1, -0.05) is 289 Å². The van der Waals surface area contributed by atoms with Gasteiger partial charge in [-0.3, -0.25) is 9.59 Å². The Labute approximate surface area is 399 Å². The fourth-order valence-electron chi connectivity index (χ4n) is 9.11. The second-order valence-electron chi connectivity index (χ2n) is 20.0. The number of ether oxygens (including phenoxy) is 1. The van der Waals surface area contributed by atoms with E-state index in [0.717, 1.165) is 38.5 Å². The molecule has 0 aromatic rings. The van der Waals surface area contributed by atoms with Crippen molar-refractivity contribution in [1.29, 1.82) is 0 Å². The molecule has 380 valence electrons. The van der Waals surface area contributed by atoms with Gasteiger partial charge in [0.1, 0.15) is 0 Å². The van der Waals surface area contributed by atoms with Gasteiger partial charge in [-0.05, 0) is 32.1 Å². The second kappa shape index (κ2) is 54.2. The Morgan fingerprint density at radius 1 is 0.422 bits per heavy atom. The summed E-state index contributed by atoms with van der Waals surface area (Å²) in [5.74, 6) is -0.0583. The van der Waals surface area contributed by atoms with Crippen LogP contribution in [-0.4, -0.2) is 47.4 Å². The summed E-state index contributed by atoms with van der Waals surface area (Å²) in [5.41, 5.74) is 0. The second-order valence-corrected chi connectivity index (χ2v) is 20.0. The van der Waals surface area contributed by atoms with Gasteiger partial charge in [0.2, 0.25) is 5.91 Å². The number of allylic oxidation sites excluding steroid dienone is 1. The molecule has 6 nitrogen and oxygen atoms in total. The fourth-order valence-corrected chi connectivity index (χ4v) is 9.11. The lowest BCUT2D eigenvalue weighted by atomic mass is 10.0. The minimum absolute atomic E-state index is 0.0110. The molecule has 0 radical (unpaired) electrons. The monoisotopic (exact) mass is 904 g/mol. The number of nitrogens with one attached hydrogen (secondary N) is 1. The van der Waals surface area contributed by atoms with Gasteiger partial charge in [-0.2, -0.15) is 0 Å². The summed E-state index contributed by atoms with van der Waals surface area (Å²) < 4.78 is 5.48. The molecule has 0 spiro atoms. The average Bonchev–Trinajstić information content (AvgIpc) is 3.29. The van der Waals surface area contributed by atoms with Gasteiger partial charge in [0.15, 0.2) is 0 Å². The number of rotatable bonds is 54. The number of aliphatic hydroxyl groups is 2. The molecule has 6 heteroatoms. The Kier molecular flexibility index (Phi) is 53.0. The highest BCUT2D eigenvalue weighted by atomic mass is 16.5. The highest BCUT2D eigenvalue weighted by Crippen LogP contribution is 2.17. The number of hydrogen-bond donors (Lipinski definition) is 3. The molecule has 64 heavy (non-hydrogen) atoms. The molecule has 0 saturated heterocycles. The van der Waals surface area contributed by atoms with E-state index in [9.17, 15) is 19.8 Å². The molecular weight excluding hydrogens is 791 g/mol. The Morgan fingerprint density at radius 3 is 1.06 bits per heavy atom. The predicted molar refractivity (Wildman–Crippen MR) is 278 cm³/mol. The van der Waals surface area contributed by atoms with Crippen molar-refractivity contribution < 1.29 is 24.5 Å². The van der Waals surface area contributed by atoms with Gasteiger partial charge < -0.3 is 20.3 Å². The Hall–Kier alpha value is -1.40. The van der Waals surface area contributed by atoms with Gasteiger partial charge in [-0.25, -0.2) is 0 Å². The van der Waals surface area contributed by atoms with Crippen molar-refractivity contribution in [3.63, 3.8) is 0 Å². The zero-order valence-corrected chi connectivity index (χ0v) is 43.3. The minimum Gasteiger partial charge on any atom is -0.466 e. The minimum atomic E-state index is -0.845. The fraction of sp³-hybridized carbons (Fsp3) is 0.931. The summed E-state index contributed by atoms with van der Waals surface area (Å²) in [6, 6.07) is -0.628. The molecule has 2 atom stereocenters. The average molecular weight is 905 g/mol. The van der Waals surface area contributed by atoms with E-state index in [4.69, 9.17) is 4.74 Å². The van der Waals surface area contributed by atoms with Crippen molar-refractivity contribution >= 4 is 11.9 Å². The van der Waals surface area contributed by atoms with Crippen LogP contribution in [0.4, 0.5) is 0 Å². The van der Waals surface area contributed by atoms with Crippen LogP contribution in [0.5, 0.6) is 0 Å². The van der Waals surface area contributed by atoms with E-state index in [1.165, 1.54) is 257 Å². The first-order valence-electron chi connectivity index (χ1n) is 29.0. The van der Waals surface area contributed by atoms with Crippen molar-refractivity contribution in [2.24, 2.45) is 0 Å². The van der Waals surface area contributed by atoms with Crippen molar-refractivity contribution in [2.45, 2.75) is 334 Å². The van der Waals surface area contributed by atoms with Crippen molar-refractivity contribution in [1.82, 2.24) is 5.32 Å². The molecule has 0 aliphatic heterocycles. The van der Waals surface area contributed by atoms with Gasteiger partial charge in [0, 0.05) is 12.8 Å². The van der Waals surface area contributed by atoms with Gasteiger partial charge in [0.25, 0.3) is 0 Å². The Morgan fingerprint density at radius 2 is 0.719 bits per heavy atom. The first-order valence-corrected chi connectivity index (χ1v) is 29.0. The molecule has 0 aromatic heterocycles. The summed E-state index contributed by atoms with van der Waals surface area (Å²) in [6.07, 6.45) is 63.7. The summed E-state index contributed by atoms with van der Waals surface area (Å²) >= 11 is 0. The van der Waals surface area contributed by atoms with Crippen LogP contribution in [0.1, 0.15) is 322 Å². The quantitative estimate of drug-likeness (QED) is 0.0321. The molecule has 0 heterocycles. The van der Waals surface area contributed by atoms with E-state index in [1.54, 1.807) is 6.08 Å². The summed E-state index contributed by atoms with van der Waals surface area (Å²) in [7, 11) is 0. The first-order chi connectivity index (χ1) is 31.5. The Bertz CT molecular complexity index is 955. The van der Waals surface area contributed by atoms with E-state index in [-0.39, 0.29) is 18.5 Å². The lowest BCUT2D eigenvalue weighted by Crippen LogP contribution is -2.45. The molecule has 0 aliphatic carbocycles. The number of hydrogen-bond acceptors (Lipinski definition) is 5. The van der Waals surface area contributed by atoms with Crippen molar-refractivity contribution in [3.8, 4) is 0 Å². The van der Waals surface area contributed by atoms with Crippen molar-refractivity contribution in [3.05, 3.63) is 12.2 Å². The maximum absolute atomic E-state index is 12.4. The molecule has 0 aromatic carbocycles. The molecule has 1 amide bonds. The standard InChI is InChI=1S/C58H113NO5/c1-3-5-7-9-11-13-15-17-26-30-34-38-42-46-50-56(61)55(54-60)59-57(62)51-47-43-39-35-31-27-24-22-20-19-21-23-25-29-33-37-41-45-49-53-64-58(63)52-48-44-40-36-32-28-18-16-14-12-10-8-6-4-2/h46,50,55-56,60-61H,3-45,47-49,51-54H2,1-2H3,(H,59,62)/b50-46+. The van der Waals surface area contributed by atoms with Crippen LogP contribution >= 0.6 is 0 Å². The molecule has 0 rings (SSSR count). The summed E-state index contributed by atoms with van der Waals surface area (Å²) in [4.78, 5) is 24.5. The zero-order valence-electron chi connectivity index (χ0n) is 43.3. The van der Waals surface area contributed by atoms with E-state index < -0.39 is 12.1 Å². The van der Waals surface area contributed by atoms with Crippen LogP contribution in [0, 0.1) is 0 Å².